The Morgan fingerprint density at radius 1 is 0.712 bits per heavy atom. The Balaban J connectivity index is 1.01. The Bertz CT molecular complexity index is 1780. The van der Waals surface area contributed by atoms with Crippen LogP contribution in [-0.2, 0) is 0 Å². The Morgan fingerprint density at radius 2 is 1.37 bits per heavy atom. The van der Waals surface area contributed by atoms with Gasteiger partial charge in [0.15, 0.2) is 0 Å². The number of hydrogen-bond acceptors (Lipinski definition) is 9. The molecule has 0 spiro atoms. The Labute approximate surface area is 318 Å². The lowest BCUT2D eigenvalue weighted by Crippen LogP contribution is -2.25. The van der Waals surface area contributed by atoms with Gasteiger partial charge in [0.05, 0.1) is 16.8 Å². The van der Waals surface area contributed by atoms with Gasteiger partial charge in [-0.1, -0.05) is 101 Å². The van der Waals surface area contributed by atoms with Crippen molar-refractivity contribution in [3.8, 4) is 16.6 Å². The molecule has 0 aliphatic heterocycles. The van der Waals surface area contributed by atoms with Crippen LogP contribution in [0.1, 0.15) is 114 Å². The smallest absolute Gasteiger partial charge is 0.322 e. The van der Waals surface area contributed by atoms with Crippen molar-refractivity contribution in [3.05, 3.63) is 78.4 Å². The van der Waals surface area contributed by atoms with E-state index in [-0.39, 0.29) is 0 Å². The maximum atomic E-state index is 6.28. The van der Waals surface area contributed by atoms with Crippen molar-refractivity contribution in [1.29, 1.82) is 0 Å². The third-order valence-electron chi connectivity index (χ3n) is 10.7. The third kappa shape index (κ3) is 10.5. The largest absolute Gasteiger partial charge is 0.461 e. The van der Waals surface area contributed by atoms with Gasteiger partial charge in [-0.15, -0.1) is 11.3 Å². The van der Waals surface area contributed by atoms with Gasteiger partial charge < -0.3 is 15.0 Å². The highest BCUT2D eigenvalue weighted by atomic mass is 32.2. The summed E-state index contributed by atoms with van der Waals surface area (Å²) in [5.74, 6) is 1.32. The van der Waals surface area contributed by atoms with Crippen LogP contribution in [0.25, 0.3) is 20.8 Å². The molecule has 0 atom stereocenters. The first-order valence-corrected chi connectivity index (χ1v) is 21.4. The molecule has 274 valence electrons. The van der Waals surface area contributed by atoms with E-state index < -0.39 is 0 Å². The quantitative estimate of drug-likeness (QED) is 0.144. The molecule has 2 saturated carbocycles. The number of anilines is 2. The van der Waals surface area contributed by atoms with Crippen LogP contribution in [0.2, 0.25) is 0 Å². The summed E-state index contributed by atoms with van der Waals surface area (Å²) in [5.41, 5.74) is 4.77. The van der Waals surface area contributed by atoms with Gasteiger partial charge in [0.1, 0.15) is 11.6 Å². The molecule has 2 aliphatic carbocycles. The van der Waals surface area contributed by atoms with Crippen LogP contribution in [0.3, 0.4) is 0 Å². The molecule has 7 nitrogen and oxygen atoms in total. The summed E-state index contributed by atoms with van der Waals surface area (Å²) in [4.78, 5) is 22.7. The van der Waals surface area contributed by atoms with E-state index in [0.29, 0.717) is 42.2 Å². The number of thiazole rings is 1. The molecule has 5 aromatic rings. The van der Waals surface area contributed by atoms with Gasteiger partial charge in [-0.3, -0.25) is 0 Å². The highest BCUT2D eigenvalue weighted by Crippen LogP contribution is 2.35. The number of rotatable bonds is 11. The maximum Gasteiger partial charge on any atom is 0.322 e. The zero-order valence-corrected chi connectivity index (χ0v) is 32.4. The molecule has 0 bridgehead atoms. The topological polar surface area (TPSA) is 76.1 Å². The molecular formula is C43H54N6OS2. The normalized spacial score (nSPS) is 16.9. The van der Waals surface area contributed by atoms with Crippen LogP contribution in [-0.4, -0.2) is 46.2 Å². The molecule has 9 heteroatoms. The van der Waals surface area contributed by atoms with E-state index in [1.54, 1.807) is 23.1 Å². The minimum absolute atomic E-state index is 0.360. The lowest BCUT2D eigenvalue weighted by Gasteiger charge is -2.22. The summed E-state index contributed by atoms with van der Waals surface area (Å²) >= 11 is 3.32. The molecule has 1 N–H and O–H groups in total. The van der Waals surface area contributed by atoms with E-state index in [1.807, 2.05) is 6.07 Å². The van der Waals surface area contributed by atoms with Gasteiger partial charge in [0.25, 0.3) is 0 Å². The molecule has 2 fully saturated rings. The molecule has 2 aromatic heterocycles. The summed E-state index contributed by atoms with van der Waals surface area (Å²) in [6.45, 7) is 1.16. The first-order valence-electron chi connectivity index (χ1n) is 19.8. The van der Waals surface area contributed by atoms with E-state index in [1.165, 1.54) is 100 Å². The van der Waals surface area contributed by atoms with Gasteiger partial charge in [-0.2, -0.15) is 15.0 Å². The predicted octanol–water partition coefficient (Wildman–Crippen LogP) is 11.9. The predicted molar refractivity (Wildman–Crippen MR) is 218 cm³/mol. The molecule has 0 radical (unpaired) electrons. The number of hydrogen-bond donors (Lipinski definition) is 1. The van der Waals surface area contributed by atoms with Crippen molar-refractivity contribution >= 4 is 45.0 Å². The van der Waals surface area contributed by atoms with Crippen molar-refractivity contribution < 1.29 is 4.74 Å². The number of benzene rings is 3. The second kappa shape index (κ2) is 18.9. The molecule has 2 heterocycles. The molecular weight excluding hydrogens is 681 g/mol. The van der Waals surface area contributed by atoms with Crippen molar-refractivity contribution in [2.24, 2.45) is 0 Å². The van der Waals surface area contributed by atoms with Crippen LogP contribution >= 0.6 is 23.1 Å². The molecule has 2 aliphatic rings. The SMILES string of the molecule is CN(CCOc1nc(NC2CCCCCCCCCCC2)nc(Sc2ccc(C3CCCCC3)cc2)n1)c1ccc(-c2nc3ccccc3s2)cc1. The van der Waals surface area contributed by atoms with Crippen molar-refractivity contribution in [1.82, 2.24) is 19.9 Å². The fourth-order valence-corrected chi connectivity index (χ4v) is 9.32. The zero-order valence-electron chi connectivity index (χ0n) is 30.8. The van der Waals surface area contributed by atoms with Crippen LogP contribution < -0.4 is 15.0 Å². The number of ether oxygens (including phenoxy) is 1. The molecule has 0 saturated heterocycles. The second-order valence-corrected chi connectivity index (χ2v) is 16.7. The van der Waals surface area contributed by atoms with Gasteiger partial charge in [0.2, 0.25) is 11.1 Å². The highest BCUT2D eigenvalue weighted by molar-refractivity contribution is 7.99. The van der Waals surface area contributed by atoms with Crippen molar-refractivity contribution in [3.63, 3.8) is 0 Å². The first-order chi connectivity index (χ1) is 25.7. The number of fused-ring (bicyclic) bond motifs is 1. The van der Waals surface area contributed by atoms with Crippen LogP contribution in [0.4, 0.5) is 11.6 Å². The molecule has 3 aromatic carbocycles. The fraction of sp³-hybridized carbons (Fsp3) is 0.488. The Morgan fingerprint density at radius 3 is 2.08 bits per heavy atom. The number of aromatic nitrogens is 4. The molecule has 7 rings (SSSR count). The van der Waals surface area contributed by atoms with Crippen LogP contribution in [0, 0.1) is 0 Å². The standard InChI is InChI=1S/C43H54N6OS2/c1-49(36-26-22-34(23-27-36)40-45-38-20-14-15-21-39(38)52-40)30-31-50-42-46-41(44-35-18-12-7-5-3-2-4-6-8-13-19-35)47-43(48-42)51-37-28-24-33(25-29-37)32-16-10-9-11-17-32/h14-15,20-29,32,35H,2-13,16-19,30-31H2,1H3,(H,44,46,47,48). The fourth-order valence-electron chi connectivity index (χ4n) is 7.61. The van der Waals surface area contributed by atoms with Crippen LogP contribution in [0.5, 0.6) is 6.01 Å². The zero-order chi connectivity index (χ0) is 35.4. The summed E-state index contributed by atoms with van der Waals surface area (Å²) < 4.78 is 7.49. The van der Waals surface area contributed by atoms with Gasteiger partial charge in [-0.25, -0.2) is 4.98 Å². The minimum atomic E-state index is 0.360. The Hall–Kier alpha value is -3.69. The van der Waals surface area contributed by atoms with Gasteiger partial charge >= 0.3 is 6.01 Å². The van der Waals surface area contributed by atoms with E-state index in [9.17, 15) is 0 Å². The van der Waals surface area contributed by atoms with E-state index in [4.69, 9.17) is 24.7 Å². The van der Waals surface area contributed by atoms with Crippen LogP contribution in [0.15, 0.2) is 82.8 Å². The third-order valence-corrected chi connectivity index (χ3v) is 12.7. The number of nitrogens with zero attached hydrogens (tertiary/aromatic N) is 5. The maximum absolute atomic E-state index is 6.28. The summed E-state index contributed by atoms with van der Waals surface area (Å²) in [6.07, 6.45) is 20.9. The summed E-state index contributed by atoms with van der Waals surface area (Å²) in [7, 11) is 2.10. The Kier molecular flexibility index (Phi) is 13.3. The van der Waals surface area contributed by atoms with Gasteiger partial charge in [0, 0.05) is 29.2 Å². The van der Waals surface area contributed by atoms with Gasteiger partial charge in [-0.05, 0) is 97.5 Å². The lowest BCUT2D eigenvalue weighted by molar-refractivity contribution is 0.296. The average Bonchev–Trinajstić information content (AvgIpc) is 3.61. The number of likely N-dealkylation sites (N-methyl/N-ethyl adjacent to an activating group) is 1. The van der Waals surface area contributed by atoms with E-state index in [0.717, 1.165) is 39.5 Å². The van der Waals surface area contributed by atoms with Crippen molar-refractivity contribution in [2.75, 3.05) is 30.4 Å². The number of para-hydroxylation sites is 1. The summed E-state index contributed by atoms with van der Waals surface area (Å²) in [5, 5.41) is 5.45. The molecule has 52 heavy (non-hydrogen) atoms. The van der Waals surface area contributed by atoms with E-state index in [2.05, 4.69) is 84.0 Å². The van der Waals surface area contributed by atoms with E-state index >= 15 is 0 Å². The minimum Gasteiger partial charge on any atom is -0.461 e. The number of nitrogens with one attached hydrogen (secondary N) is 1. The van der Waals surface area contributed by atoms with Crippen molar-refractivity contribution in [2.45, 2.75) is 125 Å². The lowest BCUT2D eigenvalue weighted by atomic mass is 9.84. The summed E-state index contributed by atoms with van der Waals surface area (Å²) in [6, 6.07) is 26.8. The molecule has 0 unspecified atom stereocenters. The molecule has 0 amide bonds. The first kappa shape index (κ1) is 36.7. The highest BCUT2D eigenvalue weighted by Gasteiger charge is 2.18. The monoisotopic (exact) mass is 734 g/mol. The average molecular weight is 735 g/mol. The second-order valence-electron chi connectivity index (χ2n) is 14.6.